The van der Waals surface area contributed by atoms with Crippen molar-refractivity contribution in [1.82, 2.24) is 0 Å². The van der Waals surface area contributed by atoms with E-state index in [1.807, 2.05) is 47.6 Å². The van der Waals surface area contributed by atoms with Gasteiger partial charge in [-0.2, -0.15) is 0 Å². The molecule has 0 aliphatic carbocycles. The van der Waals surface area contributed by atoms with Crippen LogP contribution in [0.4, 0.5) is 10.1 Å². The zero-order valence-electron chi connectivity index (χ0n) is 19.8. The van der Waals surface area contributed by atoms with Crippen LogP contribution in [0.25, 0.3) is 0 Å². The van der Waals surface area contributed by atoms with Crippen molar-refractivity contribution in [3.63, 3.8) is 0 Å². The van der Waals surface area contributed by atoms with Crippen molar-refractivity contribution < 1.29 is 23.8 Å². The number of phenols is 1. The number of ether oxygens (including phenoxy) is 1. The van der Waals surface area contributed by atoms with Gasteiger partial charge in [-0.15, -0.1) is 0 Å². The van der Waals surface area contributed by atoms with E-state index in [0.717, 1.165) is 23.5 Å². The second kappa shape index (κ2) is 9.55. The molecule has 2 N–H and O–H groups in total. The normalized spacial score (nSPS) is 12.4. The molecule has 2 aromatic rings. The molecular formula is C26H32FNO4. The highest BCUT2D eigenvalue weighted by molar-refractivity contribution is 6.28. The van der Waals surface area contributed by atoms with Crippen LogP contribution >= 0.6 is 0 Å². The molecule has 0 heterocycles. The van der Waals surface area contributed by atoms with Crippen LogP contribution in [-0.2, 0) is 20.4 Å². The molecule has 5 nitrogen and oxygen atoms in total. The van der Waals surface area contributed by atoms with Gasteiger partial charge in [0.15, 0.2) is 0 Å². The SMILES string of the molecule is CCO/C=C(\C(=O)Nc1cc(O)c(C(C)(C)C)cc1C(C)(C)C)C(=O)c1ccccc1F. The van der Waals surface area contributed by atoms with Gasteiger partial charge in [-0.25, -0.2) is 4.39 Å². The number of halogens is 1. The summed E-state index contributed by atoms with van der Waals surface area (Å²) in [5, 5.41) is 13.4. The fourth-order valence-electron chi connectivity index (χ4n) is 3.27. The lowest BCUT2D eigenvalue weighted by Gasteiger charge is -2.28. The van der Waals surface area contributed by atoms with Gasteiger partial charge in [0.2, 0.25) is 5.78 Å². The minimum absolute atomic E-state index is 0.0385. The minimum Gasteiger partial charge on any atom is -0.508 e. The first-order chi connectivity index (χ1) is 14.8. The lowest BCUT2D eigenvalue weighted by Crippen LogP contribution is -2.25. The Labute approximate surface area is 189 Å². The second-order valence-electron chi connectivity index (χ2n) is 9.66. The molecule has 0 aromatic heterocycles. The highest BCUT2D eigenvalue weighted by atomic mass is 19.1. The Hall–Kier alpha value is -3.15. The van der Waals surface area contributed by atoms with Gasteiger partial charge in [-0.1, -0.05) is 53.7 Å². The van der Waals surface area contributed by atoms with Crippen LogP contribution in [0.5, 0.6) is 5.75 Å². The zero-order chi connectivity index (χ0) is 24.3. The number of hydrogen-bond acceptors (Lipinski definition) is 4. The molecule has 0 unspecified atom stereocenters. The van der Waals surface area contributed by atoms with E-state index in [1.54, 1.807) is 6.92 Å². The van der Waals surface area contributed by atoms with Gasteiger partial charge in [0, 0.05) is 11.8 Å². The maximum absolute atomic E-state index is 14.2. The fraction of sp³-hybridized carbons (Fsp3) is 0.385. The Kier molecular flexibility index (Phi) is 7.50. The molecule has 0 aliphatic heterocycles. The summed E-state index contributed by atoms with van der Waals surface area (Å²) in [5.41, 5.74) is 0.669. The summed E-state index contributed by atoms with van der Waals surface area (Å²) in [7, 11) is 0. The van der Waals surface area contributed by atoms with E-state index in [1.165, 1.54) is 24.3 Å². The molecule has 0 bridgehead atoms. The number of carbonyl (C=O) groups is 2. The average Bonchev–Trinajstić information content (AvgIpc) is 2.66. The number of aromatic hydroxyl groups is 1. The monoisotopic (exact) mass is 441 g/mol. The fourth-order valence-corrected chi connectivity index (χ4v) is 3.27. The van der Waals surface area contributed by atoms with E-state index in [0.29, 0.717) is 5.69 Å². The number of rotatable bonds is 6. The lowest BCUT2D eigenvalue weighted by atomic mass is 9.79. The molecule has 0 fully saturated rings. The van der Waals surface area contributed by atoms with Crippen LogP contribution in [0, 0.1) is 5.82 Å². The first-order valence-electron chi connectivity index (χ1n) is 10.6. The number of hydrogen-bond donors (Lipinski definition) is 2. The van der Waals surface area contributed by atoms with Gasteiger partial charge >= 0.3 is 0 Å². The number of ketones is 1. The summed E-state index contributed by atoms with van der Waals surface area (Å²) in [6, 6.07) is 8.82. The summed E-state index contributed by atoms with van der Waals surface area (Å²) in [4.78, 5) is 26.1. The molecule has 172 valence electrons. The molecule has 0 saturated heterocycles. The maximum Gasteiger partial charge on any atom is 0.262 e. The van der Waals surface area contributed by atoms with E-state index >= 15 is 0 Å². The molecule has 1 amide bonds. The van der Waals surface area contributed by atoms with Gasteiger partial charge in [-0.05, 0) is 47.1 Å². The third kappa shape index (κ3) is 5.75. The molecule has 2 aromatic carbocycles. The third-order valence-electron chi connectivity index (χ3n) is 4.98. The summed E-state index contributed by atoms with van der Waals surface area (Å²) < 4.78 is 19.4. The van der Waals surface area contributed by atoms with Crippen molar-refractivity contribution in [2.45, 2.75) is 59.3 Å². The predicted octanol–water partition coefficient (Wildman–Crippen LogP) is 5.87. The van der Waals surface area contributed by atoms with Gasteiger partial charge < -0.3 is 15.2 Å². The summed E-state index contributed by atoms with van der Waals surface area (Å²) in [5.74, 6) is -2.23. The van der Waals surface area contributed by atoms with Crippen molar-refractivity contribution in [2.24, 2.45) is 0 Å². The highest BCUT2D eigenvalue weighted by Gasteiger charge is 2.28. The smallest absolute Gasteiger partial charge is 0.262 e. The van der Waals surface area contributed by atoms with Crippen LogP contribution in [0.15, 0.2) is 48.2 Å². The molecule has 0 spiro atoms. The molecule has 0 saturated carbocycles. The number of carbonyl (C=O) groups excluding carboxylic acids is 2. The van der Waals surface area contributed by atoms with Crippen LogP contribution < -0.4 is 5.32 Å². The summed E-state index contributed by atoms with van der Waals surface area (Å²) in [6.45, 7) is 13.9. The first kappa shape index (κ1) is 25.1. The molecule has 0 aliphatic rings. The molecule has 2 rings (SSSR count). The average molecular weight is 442 g/mol. The quantitative estimate of drug-likeness (QED) is 0.193. The number of anilines is 1. The van der Waals surface area contributed by atoms with Gasteiger partial charge in [0.25, 0.3) is 5.91 Å². The Morgan fingerprint density at radius 3 is 2.16 bits per heavy atom. The third-order valence-corrected chi connectivity index (χ3v) is 4.98. The van der Waals surface area contributed by atoms with E-state index in [2.05, 4.69) is 5.32 Å². The largest absolute Gasteiger partial charge is 0.508 e. The maximum atomic E-state index is 14.2. The second-order valence-corrected chi connectivity index (χ2v) is 9.66. The van der Waals surface area contributed by atoms with Crippen molar-refractivity contribution in [2.75, 3.05) is 11.9 Å². The van der Waals surface area contributed by atoms with Gasteiger partial charge in [0.1, 0.15) is 17.1 Å². The topological polar surface area (TPSA) is 75.6 Å². The Balaban J connectivity index is 2.53. The first-order valence-corrected chi connectivity index (χ1v) is 10.6. The van der Waals surface area contributed by atoms with Gasteiger partial charge in [-0.3, -0.25) is 9.59 Å². The van der Waals surface area contributed by atoms with Crippen LogP contribution in [0.3, 0.4) is 0 Å². The summed E-state index contributed by atoms with van der Waals surface area (Å²) in [6.07, 6.45) is 1.05. The molecular weight excluding hydrogens is 409 g/mol. The molecule has 6 heteroatoms. The number of Topliss-reactive ketones (excluding diaryl/α,β-unsaturated/α-hetero) is 1. The van der Waals surface area contributed by atoms with E-state index in [4.69, 9.17) is 4.74 Å². The number of benzene rings is 2. The zero-order valence-corrected chi connectivity index (χ0v) is 19.8. The Bertz CT molecular complexity index is 1040. The molecule has 0 atom stereocenters. The Morgan fingerprint density at radius 2 is 1.62 bits per heavy atom. The minimum atomic E-state index is -0.790. The van der Waals surface area contributed by atoms with E-state index in [9.17, 15) is 19.1 Å². The van der Waals surface area contributed by atoms with E-state index in [-0.39, 0.29) is 34.3 Å². The summed E-state index contributed by atoms with van der Waals surface area (Å²) >= 11 is 0. The standard InChI is InChI=1S/C26H32FNO4/c1-8-32-15-17(23(30)16-11-9-10-12-20(16)27)24(31)28-21-14-22(29)19(26(5,6)7)13-18(21)25(2,3)4/h9-15,29H,8H2,1-7H3,(H,28,31)/b17-15-. The predicted molar refractivity (Wildman–Crippen MR) is 125 cm³/mol. The lowest BCUT2D eigenvalue weighted by molar-refractivity contribution is -0.112. The Morgan fingerprint density at radius 1 is 1.03 bits per heavy atom. The van der Waals surface area contributed by atoms with Crippen molar-refractivity contribution in [3.05, 3.63) is 70.7 Å². The van der Waals surface area contributed by atoms with Crippen molar-refractivity contribution in [1.29, 1.82) is 0 Å². The number of phenolic OH excluding ortho intramolecular Hbond substituents is 1. The van der Waals surface area contributed by atoms with Crippen LogP contribution in [0.1, 0.15) is 70.0 Å². The molecule has 32 heavy (non-hydrogen) atoms. The van der Waals surface area contributed by atoms with Crippen LogP contribution in [0.2, 0.25) is 0 Å². The van der Waals surface area contributed by atoms with Crippen molar-refractivity contribution in [3.8, 4) is 5.75 Å². The van der Waals surface area contributed by atoms with Crippen LogP contribution in [-0.4, -0.2) is 23.4 Å². The number of nitrogens with one attached hydrogen (secondary N) is 1. The highest BCUT2D eigenvalue weighted by Crippen LogP contribution is 2.39. The van der Waals surface area contributed by atoms with Crippen molar-refractivity contribution >= 4 is 17.4 Å². The molecule has 0 radical (unpaired) electrons. The van der Waals surface area contributed by atoms with Gasteiger partial charge in [0.05, 0.1) is 18.4 Å². The van der Waals surface area contributed by atoms with E-state index < -0.39 is 17.5 Å². The number of amides is 1.